The molecule has 82 valence electrons. The lowest BCUT2D eigenvalue weighted by Crippen LogP contribution is -2.13. The molecule has 0 saturated heterocycles. The number of aliphatic hydroxyl groups excluding tert-OH is 1. The molecule has 1 aromatic carbocycles. The molecule has 1 rings (SSSR count). The van der Waals surface area contributed by atoms with Crippen LogP contribution in [0.2, 0.25) is 0 Å². The van der Waals surface area contributed by atoms with E-state index in [2.05, 4.69) is 21.2 Å². The van der Waals surface area contributed by atoms with E-state index in [1.54, 1.807) is 24.3 Å². The second kappa shape index (κ2) is 6.42. The highest BCUT2D eigenvalue weighted by molar-refractivity contribution is 9.09. The number of hydrogen-bond acceptors (Lipinski definition) is 3. The molecule has 0 bridgehead atoms. The minimum atomic E-state index is -0.143. The van der Waals surface area contributed by atoms with E-state index in [-0.39, 0.29) is 24.5 Å². The van der Waals surface area contributed by atoms with Gasteiger partial charge < -0.3 is 15.2 Å². The molecule has 0 saturated carbocycles. The van der Waals surface area contributed by atoms with Gasteiger partial charge in [0.1, 0.15) is 12.4 Å². The van der Waals surface area contributed by atoms with Crippen molar-refractivity contribution in [3.05, 3.63) is 24.3 Å². The molecule has 1 amide bonds. The molecule has 0 unspecified atom stereocenters. The summed E-state index contributed by atoms with van der Waals surface area (Å²) in [6.07, 6.45) is 0. The summed E-state index contributed by atoms with van der Waals surface area (Å²) in [7, 11) is 0. The molecular weight excluding hydrogens is 262 g/mol. The highest BCUT2D eigenvalue weighted by atomic mass is 79.9. The van der Waals surface area contributed by atoms with Crippen molar-refractivity contribution in [1.82, 2.24) is 0 Å². The number of halogens is 1. The minimum Gasteiger partial charge on any atom is -0.489 e. The van der Waals surface area contributed by atoms with Crippen LogP contribution >= 0.6 is 15.9 Å². The van der Waals surface area contributed by atoms with Crippen LogP contribution in [0.25, 0.3) is 0 Å². The van der Waals surface area contributed by atoms with Gasteiger partial charge in [-0.25, -0.2) is 0 Å². The van der Waals surface area contributed by atoms with Crippen LogP contribution in [0.3, 0.4) is 0 Å². The van der Waals surface area contributed by atoms with Gasteiger partial charge in [-0.3, -0.25) is 4.79 Å². The summed E-state index contributed by atoms with van der Waals surface area (Å²) < 4.78 is 5.25. The lowest BCUT2D eigenvalue weighted by atomic mass is 10.3. The van der Waals surface area contributed by atoms with Crippen LogP contribution in [-0.4, -0.2) is 29.6 Å². The minimum absolute atomic E-state index is 0.0548. The molecule has 0 atom stereocenters. The fourth-order valence-corrected chi connectivity index (χ4v) is 1.18. The molecule has 0 aliphatic heterocycles. The topological polar surface area (TPSA) is 58.6 Å². The number of ether oxygens (including phenoxy) is 1. The average molecular weight is 274 g/mol. The first kappa shape index (κ1) is 12.0. The summed E-state index contributed by atoms with van der Waals surface area (Å²) in [6.45, 7) is 0.155. The van der Waals surface area contributed by atoms with E-state index < -0.39 is 0 Å². The zero-order valence-electron chi connectivity index (χ0n) is 8.07. The van der Waals surface area contributed by atoms with Crippen LogP contribution in [0, 0.1) is 0 Å². The van der Waals surface area contributed by atoms with E-state index in [1.165, 1.54) is 0 Å². The Hall–Kier alpha value is -1.07. The summed E-state index contributed by atoms with van der Waals surface area (Å²) in [5.41, 5.74) is 0.607. The summed E-state index contributed by atoms with van der Waals surface area (Å²) in [6, 6.07) is 7.08. The van der Waals surface area contributed by atoms with E-state index in [4.69, 9.17) is 9.84 Å². The largest absolute Gasteiger partial charge is 0.489 e. The first-order valence-corrected chi connectivity index (χ1v) is 5.58. The van der Waals surface area contributed by atoms with Crippen molar-refractivity contribution in [1.29, 1.82) is 0 Å². The molecule has 4 nitrogen and oxygen atoms in total. The number of rotatable bonds is 5. The fraction of sp³-hybridized carbons (Fsp3) is 0.300. The lowest BCUT2D eigenvalue weighted by molar-refractivity contribution is -0.113. The third-order valence-corrected chi connectivity index (χ3v) is 2.14. The molecule has 1 aromatic rings. The van der Waals surface area contributed by atoms with E-state index in [0.717, 1.165) is 0 Å². The first-order chi connectivity index (χ1) is 7.27. The Morgan fingerprint density at radius 3 is 2.87 bits per heavy atom. The van der Waals surface area contributed by atoms with E-state index in [9.17, 15) is 4.79 Å². The van der Waals surface area contributed by atoms with Gasteiger partial charge in [0.2, 0.25) is 5.91 Å². The molecule has 15 heavy (non-hydrogen) atoms. The predicted octanol–water partition coefficient (Wildman–Crippen LogP) is 1.39. The van der Waals surface area contributed by atoms with Gasteiger partial charge in [0, 0.05) is 0 Å². The molecule has 2 N–H and O–H groups in total. The SMILES string of the molecule is O=C(CBr)Nc1ccccc1OCCO. The maximum absolute atomic E-state index is 11.1. The Bertz CT molecular complexity index is 330. The summed E-state index contributed by atoms with van der Waals surface area (Å²) >= 11 is 3.06. The van der Waals surface area contributed by atoms with Gasteiger partial charge in [-0.1, -0.05) is 28.1 Å². The fourth-order valence-electron chi connectivity index (χ4n) is 1.03. The summed E-state index contributed by atoms with van der Waals surface area (Å²) in [5.74, 6) is 0.413. The zero-order chi connectivity index (χ0) is 11.1. The van der Waals surface area contributed by atoms with Crippen molar-refractivity contribution in [3.8, 4) is 5.75 Å². The Kier molecular flexibility index (Phi) is 5.14. The molecule has 0 spiro atoms. The normalized spacial score (nSPS) is 9.73. The molecular formula is C10H12BrNO3. The Balaban J connectivity index is 2.72. The molecule has 0 radical (unpaired) electrons. The Morgan fingerprint density at radius 2 is 2.20 bits per heavy atom. The van der Waals surface area contributed by atoms with Gasteiger partial charge in [0.15, 0.2) is 0 Å². The number of amides is 1. The third kappa shape index (κ3) is 3.89. The highest BCUT2D eigenvalue weighted by Crippen LogP contribution is 2.23. The number of carbonyl (C=O) groups excluding carboxylic acids is 1. The average Bonchev–Trinajstić information content (AvgIpc) is 2.28. The van der Waals surface area contributed by atoms with Crippen molar-refractivity contribution in [2.24, 2.45) is 0 Å². The summed E-state index contributed by atoms with van der Waals surface area (Å²) in [4.78, 5) is 11.1. The van der Waals surface area contributed by atoms with Gasteiger partial charge >= 0.3 is 0 Å². The van der Waals surface area contributed by atoms with Crippen LogP contribution in [0.15, 0.2) is 24.3 Å². The first-order valence-electron chi connectivity index (χ1n) is 4.46. The van der Waals surface area contributed by atoms with Crippen molar-refractivity contribution < 1.29 is 14.6 Å². The van der Waals surface area contributed by atoms with Gasteiger partial charge in [-0.05, 0) is 12.1 Å². The Labute approximate surface area is 96.4 Å². The van der Waals surface area contributed by atoms with Crippen LogP contribution in [-0.2, 0) is 4.79 Å². The summed E-state index contributed by atoms with van der Waals surface area (Å²) in [5, 5.41) is 11.5. The van der Waals surface area contributed by atoms with Crippen molar-refractivity contribution in [2.45, 2.75) is 0 Å². The Morgan fingerprint density at radius 1 is 1.47 bits per heavy atom. The monoisotopic (exact) mass is 273 g/mol. The van der Waals surface area contributed by atoms with E-state index >= 15 is 0 Å². The lowest BCUT2D eigenvalue weighted by Gasteiger charge is -2.10. The molecule has 0 heterocycles. The van der Waals surface area contributed by atoms with Crippen LogP contribution in [0.4, 0.5) is 5.69 Å². The number of alkyl halides is 1. The number of aliphatic hydroxyl groups is 1. The molecule has 5 heteroatoms. The van der Waals surface area contributed by atoms with Crippen molar-refractivity contribution in [2.75, 3.05) is 23.9 Å². The zero-order valence-corrected chi connectivity index (χ0v) is 9.66. The number of hydrogen-bond donors (Lipinski definition) is 2. The maximum atomic E-state index is 11.1. The molecule has 0 fully saturated rings. The highest BCUT2D eigenvalue weighted by Gasteiger charge is 2.05. The quantitative estimate of drug-likeness (QED) is 0.798. The predicted molar refractivity (Wildman–Crippen MR) is 61.4 cm³/mol. The second-order valence-corrected chi connectivity index (χ2v) is 3.31. The van der Waals surface area contributed by atoms with Crippen molar-refractivity contribution in [3.63, 3.8) is 0 Å². The number of carbonyl (C=O) groups is 1. The second-order valence-electron chi connectivity index (χ2n) is 2.75. The van der Waals surface area contributed by atoms with Crippen LogP contribution in [0.1, 0.15) is 0 Å². The number of benzene rings is 1. The van der Waals surface area contributed by atoms with Gasteiger partial charge in [-0.2, -0.15) is 0 Å². The van der Waals surface area contributed by atoms with Gasteiger partial charge in [0.25, 0.3) is 0 Å². The standard InChI is InChI=1S/C10H12BrNO3/c11-7-10(14)12-8-3-1-2-4-9(8)15-6-5-13/h1-4,13H,5-7H2,(H,12,14). The van der Waals surface area contributed by atoms with Crippen LogP contribution in [0.5, 0.6) is 5.75 Å². The maximum Gasteiger partial charge on any atom is 0.235 e. The smallest absolute Gasteiger partial charge is 0.235 e. The number of anilines is 1. The molecule has 0 aromatic heterocycles. The molecule has 0 aliphatic rings. The number of nitrogens with one attached hydrogen (secondary N) is 1. The third-order valence-electron chi connectivity index (χ3n) is 1.63. The van der Waals surface area contributed by atoms with E-state index in [0.29, 0.717) is 11.4 Å². The number of para-hydroxylation sites is 2. The van der Waals surface area contributed by atoms with Gasteiger partial charge in [0.05, 0.1) is 17.6 Å². The van der Waals surface area contributed by atoms with Gasteiger partial charge in [-0.15, -0.1) is 0 Å². The molecule has 0 aliphatic carbocycles. The van der Waals surface area contributed by atoms with Crippen molar-refractivity contribution >= 4 is 27.5 Å². The van der Waals surface area contributed by atoms with E-state index in [1.807, 2.05) is 0 Å². The van der Waals surface area contributed by atoms with Crippen LogP contribution < -0.4 is 10.1 Å².